The van der Waals surface area contributed by atoms with Crippen LogP contribution in [0.5, 0.6) is 0 Å². The third-order valence-corrected chi connectivity index (χ3v) is 2.19. The molecular formula is C12H17FN2O2. The predicted molar refractivity (Wildman–Crippen MR) is 62.1 cm³/mol. The van der Waals surface area contributed by atoms with Gasteiger partial charge >= 0.3 is 0 Å². The number of halogens is 1. The molecule has 1 aromatic rings. The first-order chi connectivity index (χ1) is 7.83. The Morgan fingerprint density at radius 3 is 2.59 bits per heavy atom. The first-order valence-corrected chi connectivity index (χ1v) is 5.46. The van der Waals surface area contributed by atoms with Gasteiger partial charge in [0.25, 0.3) is 5.91 Å². The summed E-state index contributed by atoms with van der Waals surface area (Å²) < 4.78 is 12.7. The lowest BCUT2D eigenvalue weighted by atomic mass is 10.1. The van der Waals surface area contributed by atoms with E-state index in [0.717, 1.165) is 6.20 Å². The number of carbonyl (C=O) groups excluding carboxylic acids is 1. The third kappa shape index (κ3) is 4.11. The monoisotopic (exact) mass is 240 g/mol. The van der Waals surface area contributed by atoms with Crippen LogP contribution in [0.25, 0.3) is 0 Å². The van der Waals surface area contributed by atoms with Crippen LogP contribution in [0.15, 0.2) is 18.3 Å². The lowest BCUT2D eigenvalue weighted by Gasteiger charge is -2.27. The largest absolute Gasteiger partial charge is 0.389 e. The van der Waals surface area contributed by atoms with Crippen molar-refractivity contribution in [2.45, 2.75) is 26.4 Å². The van der Waals surface area contributed by atoms with Crippen molar-refractivity contribution in [1.29, 1.82) is 0 Å². The Balaban J connectivity index is 2.83. The van der Waals surface area contributed by atoms with Crippen molar-refractivity contribution in [1.82, 2.24) is 9.88 Å². The van der Waals surface area contributed by atoms with E-state index in [4.69, 9.17) is 0 Å². The second-order valence-corrected chi connectivity index (χ2v) is 4.49. The zero-order valence-corrected chi connectivity index (χ0v) is 10.3. The fourth-order valence-electron chi connectivity index (χ4n) is 1.46. The highest BCUT2D eigenvalue weighted by Crippen LogP contribution is 2.09. The average molecular weight is 240 g/mol. The Kier molecular flexibility index (Phi) is 4.17. The lowest BCUT2D eigenvalue weighted by Crippen LogP contribution is -2.42. The van der Waals surface area contributed by atoms with Crippen LogP contribution in [-0.2, 0) is 0 Å². The van der Waals surface area contributed by atoms with Crippen LogP contribution in [0, 0.1) is 5.82 Å². The summed E-state index contributed by atoms with van der Waals surface area (Å²) in [6.45, 7) is 5.73. The van der Waals surface area contributed by atoms with Gasteiger partial charge in [-0.2, -0.15) is 0 Å². The van der Waals surface area contributed by atoms with E-state index in [9.17, 15) is 14.3 Å². The summed E-state index contributed by atoms with van der Waals surface area (Å²) in [5, 5.41) is 9.68. The predicted octanol–water partition coefficient (Wildman–Crippen LogP) is 1.45. The average Bonchev–Trinajstić information content (AvgIpc) is 2.25. The molecule has 0 aliphatic carbocycles. The van der Waals surface area contributed by atoms with Crippen LogP contribution >= 0.6 is 0 Å². The molecule has 0 fully saturated rings. The summed E-state index contributed by atoms with van der Waals surface area (Å²) >= 11 is 0. The first-order valence-electron chi connectivity index (χ1n) is 5.46. The normalized spacial score (nSPS) is 11.4. The quantitative estimate of drug-likeness (QED) is 0.866. The van der Waals surface area contributed by atoms with Crippen molar-refractivity contribution in [3.63, 3.8) is 0 Å². The standard InChI is InChI=1S/C12H17FN2O2/c1-4-15(8-12(2,3)17)11(16)10-6-5-9(13)7-14-10/h5-7,17H,4,8H2,1-3H3. The van der Waals surface area contributed by atoms with E-state index in [0.29, 0.717) is 6.54 Å². The second-order valence-electron chi connectivity index (χ2n) is 4.49. The van der Waals surface area contributed by atoms with Crippen molar-refractivity contribution in [2.75, 3.05) is 13.1 Å². The second kappa shape index (κ2) is 5.23. The Labute approximate surface area is 100 Å². The number of carbonyl (C=O) groups is 1. The van der Waals surface area contributed by atoms with Crippen LogP contribution in [0.4, 0.5) is 4.39 Å². The first kappa shape index (κ1) is 13.6. The van der Waals surface area contributed by atoms with E-state index in [1.54, 1.807) is 13.8 Å². The molecule has 1 heterocycles. The Bertz CT molecular complexity index is 384. The fraction of sp³-hybridized carbons (Fsp3) is 0.500. The molecule has 1 amide bonds. The maximum atomic E-state index is 12.7. The maximum Gasteiger partial charge on any atom is 0.272 e. The molecule has 1 aromatic heterocycles. The summed E-state index contributed by atoms with van der Waals surface area (Å²) in [7, 11) is 0. The summed E-state index contributed by atoms with van der Waals surface area (Å²) in [6, 6.07) is 2.53. The summed E-state index contributed by atoms with van der Waals surface area (Å²) in [6.07, 6.45) is 1.01. The van der Waals surface area contributed by atoms with Crippen molar-refractivity contribution in [3.8, 4) is 0 Å². The van der Waals surface area contributed by atoms with E-state index in [1.807, 2.05) is 6.92 Å². The van der Waals surface area contributed by atoms with E-state index < -0.39 is 11.4 Å². The van der Waals surface area contributed by atoms with Crippen LogP contribution in [0.3, 0.4) is 0 Å². The minimum Gasteiger partial charge on any atom is -0.389 e. The molecule has 0 saturated heterocycles. The molecule has 0 saturated carbocycles. The van der Waals surface area contributed by atoms with Gasteiger partial charge in [-0.1, -0.05) is 0 Å². The zero-order valence-electron chi connectivity index (χ0n) is 10.3. The number of amides is 1. The molecule has 94 valence electrons. The Morgan fingerprint density at radius 1 is 1.53 bits per heavy atom. The number of rotatable bonds is 4. The van der Waals surface area contributed by atoms with Crippen LogP contribution < -0.4 is 0 Å². The van der Waals surface area contributed by atoms with Crippen LogP contribution in [0.1, 0.15) is 31.3 Å². The summed E-state index contributed by atoms with van der Waals surface area (Å²) in [5.74, 6) is -0.790. The van der Waals surface area contributed by atoms with Gasteiger partial charge in [-0.3, -0.25) is 4.79 Å². The minimum absolute atomic E-state index is 0.178. The molecule has 0 aromatic carbocycles. The molecular weight excluding hydrogens is 223 g/mol. The van der Waals surface area contributed by atoms with Gasteiger partial charge in [0.15, 0.2) is 0 Å². The molecule has 5 heteroatoms. The van der Waals surface area contributed by atoms with Gasteiger partial charge in [-0.15, -0.1) is 0 Å². The van der Waals surface area contributed by atoms with Crippen molar-refractivity contribution >= 4 is 5.91 Å². The highest BCUT2D eigenvalue weighted by atomic mass is 19.1. The van der Waals surface area contributed by atoms with E-state index in [1.165, 1.54) is 17.0 Å². The smallest absolute Gasteiger partial charge is 0.272 e. The van der Waals surface area contributed by atoms with Gasteiger partial charge in [0, 0.05) is 13.1 Å². The molecule has 0 aliphatic rings. The van der Waals surface area contributed by atoms with E-state index in [-0.39, 0.29) is 18.1 Å². The highest BCUT2D eigenvalue weighted by molar-refractivity contribution is 5.92. The van der Waals surface area contributed by atoms with Crippen molar-refractivity contribution in [2.24, 2.45) is 0 Å². The van der Waals surface area contributed by atoms with Crippen molar-refractivity contribution < 1.29 is 14.3 Å². The zero-order chi connectivity index (χ0) is 13.1. The van der Waals surface area contributed by atoms with Gasteiger partial charge in [0.2, 0.25) is 0 Å². The Hall–Kier alpha value is -1.49. The minimum atomic E-state index is -0.967. The number of hydrogen-bond donors (Lipinski definition) is 1. The number of aromatic nitrogens is 1. The topological polar surface area (TPSA) is 53.4 Å². The van der Waals surface area contributed by atoms with Gasteiger partial charge in [-0.25, -0.2) is 9.37 Å². The van der Waals surface area contributed by atoms with E-state index >= 15 is 0 Å². The number of pyridine rings is 1. The van der Waals surface area contributed by atoms with Gasteiger partial charge in [0.05, 0.1) is 11.8 Å². The number of nitrogens with zero attached hydrogens (tertiary/aromatic N) is 2. The van der Waals surface area contributed by atoms with Crippen molar-refractivity contribution in [3.05, 3.63) is 29.8 Å². The lowest BCUT2D eigenvalue weighted by molar-refractivity contribution is 0.0311. The molecule has 1 N–H and O–H groups in total. The number of likely N-dealkylation sites (N-methyl/N-ethyl adjacent to an activating group) is 1. The summed E-state index contributed by atoms with van der Waals surface area (Å²) in [5.41, 5.74) is -0.788. The molecule has 0 bridgehead atoms. The summed E-state index contributed by atoms with van der Waals surface area (Å²) in [4.78, 5) is 17.2. The molecule has 1 rings (SSSR count). The van der Waals surface area contributed by atoms with E-state index in [2.05, 4.69) is 4.98 Å². The third-order valence-electron chi connectivity index (χ3n) is 2.19. The van der Waals surface area contributed by atoms with Crippen LogP contribution in [0.2, 0.25) is 0 Å². The molecule has 0 aliphatic heterocycles. The SMILES string of the molecule is CCN(CC(C)(C)O)C(=O)c1ccc(F)cn1. The molecule has 0 spiro atoms. The molecule has 17 heavy (non-hydrogen) atoms. The highest BCUT2D eigenvalue weighted by Gasteiger charge is 2.22. The van der Waals surface area contributed by atoms with Gasteiger partial charge in [0.1, 0.15) is 11.5 Å². The maximum absolute atomic E-state index is 12.7. The molecule has 4 nitrogen and oxygen atoms in total. The Morgan fingerprint density at radius 2 is 2.18 bits per heavy atom. The number of aliphatic hydroxyl groups is 1. The van der Waals surface area contributed by atoms with Gasteiger partial charge < -0.3 is 10.0 Å². The fourth-order valence-corrected chi connectivity index (χ4v) is 1.46. The molecule has 0 atom stereocenters. The molecule has 0 radical (unpaired) electrons. The number of hydrogen-bond acceptors (Lipinski definition) is 3. The van der Waals surface area contributed by atoms with Crippen LogP contribution in [-0.4, -0.2) is 39.6 Å². The molecule has 0 unspecified atom stereocenters. The van der Waals surface area contributed by atoms with Gasteiger partial charge in [-0.05, 0) is 32.9 Å².